The minimum absolute atomic E-state index is 0.0817. The summed E-state index contributed by atoms with van der Waals surface area (Å²) in [7, 11) is 0. The average molecular weight is 1070 g/mol. The fourth-order valence-electron chi connectivity index (χ4n) is 8.47. The van der Waals surface area contributed by atoms with Gasteiger partial charge in [-0.15, -0.1) is 0 Å². The lowest BCUT2D eigenvalue weighted by molar-refractivity contribution is -0.365. The first-order valence-corrected chi connectivity index (χ1v) is 23.5. The van der Waals surface area contributed by atoms with Gasteiger partial charge in [0.1, 0.15) is 79.7 Å². The first-order valence-electron chi connectivity index (χ1n) is 22.9. The molecule has 5 amide bonds. The summed E-state index contributed by atoms with van der Waals surface area (Å²) >= 11 is 4.13. The van der Waals surface area contributed by atoms with E-state index in [-0.39, 0.29) is 18.8 Å². The number of rotatable bonds is 20. The number of benzene rings is 1. The number of nitrogens with one attached hydrogen (secondary N) is 5. The Balaban J connectivity index is 1.35. The van der Waals surface area contributed by atoms with Gasteiger partial charge in [0, 0.05) is 44.2 Å². The molecule has 0 bridgehead atoms. The SMILES string of the molecule is CC(=O)NC1[C@H](O[C@@H]2C(C(=O)O)O[C@@H](O[C@@H]3C(NC(C)=O)[C@H](C)OC(CO)[C@H]3O)C(O)[C@H]2O)OC(COC(=O)NCCNC(=O)[C@H](CS)NC(=O)c2ccccc2)[C@@H](O)[C@@H]1O[C@@H]1OC(C(=O)O)[C@@H](C)[C@H](O)C1O. The zero-order valence-electron chi connectivity index (χ0n) is 39.6. The number of ether oxygens (including phenoxy) is 8. The van der Waals surface area contributed by atoms with Crippen LogP contribution in [0, 0.1) is 5.92 Å². The predicted octanol–water partition coefficient (Wildman–Crippen LogP) is -6.35. The standard InChI is InChI=1S/C43H63N5O24S/c1-15-25(52)29(56)41(68-31(15)38(60)61)70-33-24(47-18(4)51)40(67-22(27(33)54)13-65-43(64)45-11-10-44-37(59)20(14-73)48-36(58)19-8-6-5-7-9-19)71-34-28(55)30(57)42(72-35(34)39(62)63)69-32-23(46-17(3)50)16(2)66-21(12-49)26(32)53/h5-9,15-16,20-35,40-42,49,52-57,73H,10-14H2,1-4H3,(H,44,59)(H,45,64)(H,46,50)(H,47,51)(H,48,58)(H,60,61)(H,62,63)/t15-,16-,20-,21?,22?,23?,24?,25-,26+,27+,28+,29?,30?,31?,32+,33+,34-,35?,40-,41-,42+/m0/s1. The highest BCUT2D eigenvalue weighted by Gasteiger charge is 2.57. The number of aliphatic hydroxyl groups is 7. The lowest BCUT2D eigenvalue weighted by atomic mass is 9.90. The lowest BCUT2D eigenvalue weighted by Gasteiger charge is -2.50. The summed E-state index contributed by atoms with van der Waals surface area (Å²) in [6.07, 6.45) is -33.6. The van der Waals surface area contributed by atoms with Crippen LogP contribution in [0.3, 0.4) is 0 Å². The van der Waals surface area contributed by atoms with Crippen LogP contribution in [0.2, 0.25) is 0 Å². The number of hydrogen-bond acceptors (Lipinski definition) is 23. The van der Waals surface area contributed by atoms with Crippen LogP contribution in [-0.4, -0.2) is 242 Å². The quantitative estimate of drug-likeness (QED) is 0.0427. The van der Waals surface area contributed by atoms with E-state index < -0.39 is 183 Å². The highest BCUT2D eigenvalue weighted by atomic mass is 32.1. The van der Waals surface area contributed by atoms with Gasteiger partial charge < -0.3 is 110 Å². The third kappa shape index (κ3) is 14.7. The van der Waals surface area contributed by atoms with Crippen molar-refractivity contribution in [1.82, 2.24) is 26.6 Å². The van der Waals surface area contributed by atoms with Crippen LogP contribution < -0.4 is 26.6 Å². The molecule has 30 heteroatoms. The van der Waals surface area contributed by atoms with Crippen molar-refractivity contribution >= 4 is 54.3 Å². The Morgan fingerprint density at radius 2 is 1.18 bits per heavy atom. The van der Waals surface area contributed by atoms with Gasteiger partial charge in [0.25, 0.3) is 5.91 Å². The molecule has 8 unspecified atom stereocenters. The second kappa shape index (κ2) is 26.5. The van der Waals surface area contributed by atoms with Crippen LogP contribution in [-0.2, 0) is 61.9 Å². The summed E-state index contributed by atoms with van der Waals surface area (Å²) in [6, 6.07) is 3.97. The second-order valence-electron chi connectivity index (χ2n) is 17.6. The monoisotopic (exact) mass is 1070 g/mol. The lowest BCUT2D eigenvalue weighted by Crippen LogP contribution is -2.70. The molecule has 21 atom stereocenters. The summed E-state index contributed by atoms with van der Waals surface area (Å²) in [4.78, 5) is 88.1. The first kappa shape index (κ1) is 59.0. The molecule has 0 spiro atoms. The molecule has 4 heterocycles. The maximum absolute atomic E-state index is 12.9. The minimum atomic E-state index is -2.32. The topological polar surface area (TPSA) is 436 Å². The number of hydrogen-bond donors (Lipinski definition) is 15. The van der Waals surface area contributed by atoms with E-state index in [1.165, 1.54) is 13.8 Å². The van der Waals surface area contributed by atoms with Gasteiger partial charge in [-0.05, 0) is 19.1 Å². The maximum Gasteiger partial charge on any atom is 0.407 e. The Morgan fingerprint density at radius 1 is 0.644 bits per heavy atom. The van der Waals surface area contributed by atoms with Crippen LogP contribution in [0.15, 0.2) is 30.3 Å². The van der Waals surface area contributed by atoms with E-state index in [9.17, 15) is 79.5 Å². The first-order chi connectivity index (χ1) is 34.5. The molecule has 4 fully saturated rings. The minimum Gasteiger partial charge on any atom is -0.479 e. The van der Waals surface area contributed by atoms with Crippen molar-refractivity contribution in [2.24, 2.45) is 5.92 Å². The molecule has 0 saturated carbocycles. The van der Waals surface area contributed by atoms with E-state index in [2.05, 4.69) is 39.2 Å². The zero-order valence-corrected chi connectivity index (χ0v) is 40.5. The molecular weight excluding hydrogens is 1000 g/mol. The Kier molecular flexibility index (Phi) is 21.4. The number of amides is 5. The van der Waals surface area contributed by atoms with E-state index in [1.807, 2.05) is 0 Å². The van der Waals surface area contributed by atoms with Gasteiger partial charge in [0.2, 0.25) is 17.7 Å². The highest BCUT2D eigenvalue weighted by molar-refractivity contribution is 7.80. The fourth-order valence-corrected chi connectivity index (χ4v) is 8.73. The molecule has 4 saturated heterocycles. The molecular formula is C43H63N5O24S. The summed E-state index contributed by atoms with van der Waals surface area (Å²) in [5, 5.41) is 110. The molecule has 4 aliphatic rings. The Hall–Kier alpha value is -4.90. The van der Waals surface area contributed by atoms with Crippen LogP contribution in [0.5, 0.6) is 0 Å². The summed E-state index contributed by atoms with van der Waals surface area (Å²) < 4.78 is 45.5. The number of aliphatic carboxylic acids is 2. The van der Waals surface area contributed by atoms with Crippen molar-refractivity contribution < 1.29 is 117 Å². The van der Waals surface area contributed by atoms with Crippen molar-refractivity contribution in [3.63, 3.8) is 0 Å². The molecule has 1 aromatic carbocycles. The summed E-state index contributed by atoms with van der Waals surface area (Å²) in [6.45, 7) is 2.71. The predicted molar refractivity (Wildman–Crippen MR) is 242 cm³/mol. The van der Waals surface area contributed by atoms with Crippen LogP contribution in [0.1, 0.15) is 38.1 Å². The highest BCUT2D eigenvalue weighted by Crippen LogP contribution is 2.35. The summed E-state index contributed by atoms with van der Waals surface area (Å²) in [5.41, 5.74) is 0.296. The third-order valence-corrected chi connectivity index (χ3v) is 12.7. The number of carboxylic acids is 2. The average Bonchev–Trinajstić information content (AvgIpc) is 3.34. The molecule has 0 radical (unpaired) electrons. The molecule has 14 N–H and O–H groups in total. The molecule has 1 aromatic rings. The zero-order chi connectivity index (χ0) is 54.0. The van der Waals surface area contributed by atoms with Gasteiger partial charge in [-0.2, -0.15) is 12.6 Å². The van der Waals surface area contributed by atoms with Gasteiger partial charge in [-0.3, -0.25) is 19.2 Å². The van der Waals surface area contributed by atoms with Crippen LogP contribution in [0.25, 0.3) is 0 Å². The van der Waals surface area contributed by atoms with E-state index in [1.54, 1.807) is 30.3 Å². The fraction of sp³-hybridized carbons (Fsp3) is 0.698. The van der Waals surface area contributed by atoms with E-state index in [4.69, 9.17) is 37.9 Å². The van der Waals surface area contributed by atoms with Crippen molar-refractivity contribution in [3.8, 4) is 0 Å². The molecule has 410 valence electrons. The molecule has 0 aromatic heterocycles. The normalized spacial score (nSPS) is 36.9. The van der Waals surface area contributed by atoms with Gasteiger partial charge in [0.05, 0.1) is 24.9 Å². The molecule has 4 aliphatic heterocycles. The Bertz CT molecular complexity index is 2070. The number of thiol groups is 1. The van der Waals surface area contributed by atoms with Crippen molar-refractivity contribution in [2.45, 2.75) is 150 Å². The second-order valence-corrected chi connectivity index (χ2v) is 17.9. The Labute approximate surface area is 421 Å². The summed E-state index contributed by atoms with van der Waals surface area (Å²) in [5.74, 6) is -7.42. The van der Waals surface area contributed by atoms with Crippen molar-refractivity contribution in [1.29, 1.82) is 0 Å². The smallest absolute Gasteiger partial charge is 0.407 e. The number of aliphatic hydroxyl groups excluding tert-OH is 7. The number of alkyl carbamates (subject to hydrolysis) is 1. The molecule has 73 heavy (non-hydrogen) atoms. The number of carbonyl (C=O) groups is 7. The van der Waals surface area contributed by atoms with Gasteiger partial charge in [0.15, 0.2) is 31.1 Å². The molecule has 0 aliphatic carbocycles. The third-order valence-electron chi connectivity index (χ3n) is 12.3. The van der Waals surface area contributed by atoms with Crippen LogP contribution in [0.4, 0.5) is 4.79 Å². The number of carboxylic acid groups (broad SMARTS) is 2. The van der Waals surface area contributed by atoms with Crippen molar-refractivity contribution in [3.05, 3.63) is 35.9 Å². The van der Waals surface area contributed by atoms with E-state index >= 15 is 0 Å². The van der Waals surface area contributed by atoms with Crippen molar-refractivity contribution in [2.75, 3.05) is 32.1 Å². The van der Waals surface area contributed by atoms with E-state index in [0.29, 0.717) is 5.56 Å². The largest absolute Gasteiger partial charge is 0.479 e. The van der Waals surface area contributed by atoms with Gasteiger partial charge in [-0.1, -0.05) is 25.1 Å². The molecule has 5 rings (SSSR count). The van der Waals surface area contributed by atoms with Gasteiger partial charge >= 0.3 is 18.0 Å². The van der Waals surface area contributed by atoms with E-state index in [0.717, 1.165) is 13.8 Å². The van der Waals surface area contributed by atoms with Crippen LogP contribution >= 0.6 is 12.6 Å². The number of carbonyl (C=O) groups excluding carboxylic acids is 5. The maximum atomic E-state index is 12.9. The van der Waals surface area contributed by atoms with Gasteiger partial charge in [-0.25, -0.2) is 14.4 Å². The molecule has 29 nitrogen and oxygen atoms in total. The Morgan fingerprint density at radius 3 is 1.75 bits per heavy atom.